The number of rotatable bonds is 5. The highest BCUT2D eigenvalue weighted by atomic mass is 35.5. The van der Waals surface area contributed by atoms with Crippen molar-refractivity contribution in [2.24, 2.45) is 0 Å². The Hall–Kier alpha value is -0.700. The average Bonchev–Trinajstić information content (AvgIpc) is 1.97. The number of esters is 1. The van der Waals surface area contributed by atoms with Crippen LogP contribution in [0, 0.1) is 0 Å². The number of hydrogen-bond acceptors (Lipinski definition) is 3. The van der Waals surface area contributed by atoms with Gasteiger partial charge in [-0.15, -0.1) is 11.6 Å². The first-order valence-corrected chi connectivity index (χ1v) is 3.28. The van der Waals surface area contributed by atoms with E-state index in [1.165, 1.54) is 6.26 Å². The molecule has 0 saturated heterocycles. The van der Waals surface area contributed by atoms with Gasteiger partial charge in [-0.2, -0.15) is 0 Å². The summed E-state index contributed by atoms with van der Waals surface area (Å²) in [4.78, 5) is 10.5. The van der Waals surface area contributed by atoms with Crippen LogP contribution >= 0.6 is 11.6 Å². The van der Waals surface area contributed by atoms with Crippen LogP contribution in [0.2, 0.25) is 0 Å². The highest BCUT2D eigenvalue weighted by Crippen LogP contribution is 1.83. The third-order valence-electron chi connectivity index (χ3n) is 0.659. The van der Waals surface area contributed by atoms with Gasteiger partial charge in [0.05, 0.1) is 12.1 Å². The maximum Gasteiger partial charge on any atom is 0.344 e. The second-order valence-corrected chi connectivity index (χ2v) is 1.77. The number of alkyl halides is 1. The van der Waals surface area contributed by atoms with Crippen molar-refractivity contribution in [3.05, 3.63) is 12.8 Å². The molecule has 0 fully saturated rings. The first kappa shape index (κ1) is 9.30. The Morgan fingerprint density at radius 1 is 1.70 bits per heavy atom. The van der Waals surface area contributed by atoms with Crippen LogP contribution in [0.15, 0.2) is 12.8 Å². The minimum absolute atomic E-state index is 0.0968. The highest BCUT2D eigenvalue weighted by Gasteiger charge is 1.99. The molecule has 10 heavy (non-hydrogen) atoms. The predicted octanol–water partition coefficient (Wildman–Crippen LogP) is 0.928. The Kier molecular flexibility index (Phi) is 5.97. The molecule has 0 bridgehead atoms. The van der Waals surface area contributed by atoms with Crippen LogP contribution in [0.5, 0.6) is 0 Å². The Morgan fingerprint density at radius 2 is 2.40 bits per heavy atom. The van der Waals surface area contributed by atoms with Gasteiger partial charge in [-0.1, -0.05) is 6.58 Å². The SMILES string of the molecule is C=COCC(=O)OCCCl. The fourth-order valence-electron chi connectivity index (χ4n) is 0.321. The molecule has 3 nitrogen and oxygen atoms in total. The highest BCUT2D eigenvalue weighted by molar-refractivity contribution is 6.18. The summed E-state index contributed by atoms with van der Waals surface area (Å²) in [6, 6.07) is 0. The van der Waals surface area contributed by atoms with Gasteiger partial charge < -0.3 is 9.47 Å². The summed E-state index contributed by atoms with van der Waals surface area (Å²) in [5.41, 5.74) is 0. The van der Waals surface area contributed by atoms with Gasteiger partial charge in [0.1, 0.15) is 6.61 Å². The Bertz CT molecular complexity index is 114. The van der Waals surface area contributed by atoms with E-state index in [4.69, 9.17) is 11.6 Å². The molecule has 0 N–H and O–H groups in total. The smallest absolute Gasteiger partial charge is 0.344 e. The maximum absolute atomic E-state index is 10.5. The lowest BCUT2D eigenvalue weighted by Crippen LogP contribution is -2.11. The van der Waals surface area contributed by atoms with Crippen molar-refractivity contribution in [1.29, 1.82) is 0 Å². The van der Waals surface area contributed by atoms with E-state index in [1.807, 2.05) is 0 Å². The molecule has 0 spiro atoms. The summed E-state index contributed by atoms with van der Waals surface area (Å²) in [5.74, 6) is -0.125. The third kappa shape index (κ3) is 5.44. The number of carbonyl (C=O) groups is 1. The Morgan fingerprint density at radius 3 is 2.90 bits per heavy atom. The lowest BCUT2D eigenvalue weighted by Gasteiger charge is -2.00. The largest absolute Gasteiger partial charge is 0.490 e. The van der Waals surface area contributed by atoms with Crippen molar-refractivity contribution < 1.29 is 14.3 Å². The standard InChI is InChI=1S/C6H9ClO3/c1-2-9-5-6(8)10-4-3-7/h2H,1,3-5H2. The molecule has 0 rings (SSSR count). The fraction of sp³-hybridized carbons (Fsp3) is 0.500. The average molecular weight is 165 g/mol. The monoisotopic (exact) mass is 164 g/mol. The summed E-state index contributed by atoms with van der Waals surface area (Å²) in [6.45, 7) is 3.38. The van der Waals surface area contributed by atoms with Gasteiger partial charge in [0.2, 0.25) is 0 Å². The Labute approximate surface area is 64.6 Å². The van der Waals surface area contributed by atoms with Crippen molar-refractivity contribution in [3.63, 3.8) is 0 Å². The number of carbonyl (C=O) groups excluding carboxylic acids is 1. The molecule has 58 valence electrons. The van der Waals surface area contributed by atoms with E-state index >= 15 is 0 Å². The third-order valence-corrected chi connectivity index (χ3v) is 0.814. The van der Waals surface area contributed by atoms with Crippen LogP contribution < -0.4 is 0 Å². The minimum Gasteiger partial charge on any atom is -0.490 e. The van der Waals surface area contributed by atoms with Crippen LogP contribution in [-0.2, 0) is 14.3 Å². The zero-order chi connectivity index (χ0) is 7.82. The van der Waals surface area contributed by atoms with Gasteiger partial charge in [0.25, 0.3) is 0 Å². The second kappa shape index (κ2) is 6.42. The van der Waals surface area contributed by atoms with Crippen molar-refractivity contribution in [2.75, 3.05) is 19.1 Å². The van der Waals surface area contributed by atoms with Crippen LogP contribution in [0.3, 0.4) is 0 Å². The van der Waals surface area contributed by atoms with Crippen molar-refractivity contribution in [2.45, 2.75) is 0 Å². The molecule has 0 atom stereocenters. The lowest BCUT2D eigenvalue weighted by molar-refractivity contribution is -0.146. The predicted molar refractivity (Wildman–Crippen MR) is 37.8 cm³/mol. The van der Waals surface area contributed by atoms with Crippen LogP contribution in [0.1, 0.15) is 0 Å². The van der Waals surface area contributed by atoms with Crippen molar-refractivity contribution >= 4 is 17.6 Å². The first-order valence-electron chi connectivity index (χ1n) is 2.75. The topological polar surface area (TPSA) is 35.5 Å². The summed E-state index contributed by atoms with van der Waals surface area (Å²) in [7, 11) is 0. The van der Waals surface area contributed by atoms with Gasteiger partial charge in [0.15, 0.2) is 6.61 Å². The molecule has 0 aromatic rings. The summed E-state index contributed by atoms with van der Waals surface area (Å²) >= 11 is 5.24. The molecule has 0 heterocycles. The van der Waals surface area contributed by atoms with E-state index in [0.717, 1.165) is 0 Å². The molecule has 0 saturated carbocycles. The zero-order valence-electron chi connectivity index (χ0n) is 5.51. The molecule has 0 aliphatic heterocycles. The van der Waals surface area contributed by atoms with Crippen LogP contribution in [-0.4, -0.2) is 25.1 Å². The normalized spacial score (nSPS) is 8.50. The fourth-order valence-corrected chi connectivity index (χ4v) is 0.398. The van der Waals surface area contributed by atoms with Gasteiger partial charge in [-0.25, -0.2) is 4.79 Å². The second-order valence-electron chi connectivity index (χ2n) is 1.39. The minimum atomic E-state index is -0.430. The number of hydrogen-bond donors (Lipinski definition) is 0. The first-order chi connectivity index (χ1) is 4.81. The molecular formula is C6H9ClO3. The quantitative estimate of drug-likeness (QED) is 0.345. The van der Waals surface area contributed by atoms with E-state index in [1.54, 1.807) is 0 Å². The molecule has 0 aromatic carbocycles. The molecule has 0 unspecified atom stereocenters. The molecule has 0 aliphatic rings. The zero-order valence-corrected chi connectivity index (χ0v) is 6.26. The van der Waals surface area contributed by atoms with Gasteiger partial charge >= 0.3 is 5.97 Å². The van der Waals surface area contributed by atoms with Crippen LogP contribution in [0.25, 0.3) is 0 Å². The lowest BCUT2D eigenvalue weighted by atomic mass is 10.7. The molecular weight excluding hydrogens is 156 g/mol. The Balaban J connectivity index is 3.16. The van der Waals surface area contributed by atoms with E-state index < -0.39 is 5.97 Å². The molecule has 0 aromatic heterocycles. The van der Waals surface area contributed by atoms with Gasteiger partial charge in [-0.3, -0.25) is 0 Å². The summed E-state index contributed by atoms with van der Waals surface area (Å²) < 4.78 is 9.09. The molecule has 0 radical (unpaired) electrons. The molecule has 4 heteroatoms. The van der Waals surface area contributed by atoms with Crippen LogP contribution in [0.4, 0.5) is 0 Å². The maximum atomic E-state index is 10.5. The molecule has 0 amide bonds. The molecule has 0 aliphatic carbocycles. The van der Waals surface area contributed by atoms with E-state index in [2.05, 4.69) is 16.1 Å². The van der Waals surface area contributed by atoms with Gasteiger partial charge in [-0.05, 0) is 0 Å². The van der Waals surface area contributed by atoms with E-state index in [9.17, 15) is 4.79 Å². The summed E-state index contributed by atoms with van der Waals surface area (Å²) in [6.07, 6.45) is 1.18. The number of ether oxygens (including phenoxy) is 2. The van der Waals surface area contributed by atoms with E-state index in [-0.39, 0.29) is 13.2 Å². The summed E-state index contributed by atoms with van der Waals surface area (Å²) in [5, 5.41) is 0. The van der Waals surface area contributed by atoms with E-state index in [0.29, 0.717) is 5.88 Å². The van der Waals surface area contributed by atoms with Gasteiger partial charge in [0, 0.05) is 0 Å². The van der Waals surface area contributed by atoms with Crippen molar-refractivity contribution in [3.8, 4) is 0 Å². The number of halogens is 1. The van der Waals surface area contributed by atoms with Crippen molar-refractivity contribution in [1.82, 2.24) is 0 Å².